The van der Waals surface area contributed by atoms with Crippen LogP contribution in [-0.2, 0) is 9.59 Å². The number of halogens is 1. The summed E-state index contributed by atoms with van der Waals surface area (Å²) in [7, 11) is 1.80. The van der Waals surface area contributed by atoms with Gasteiger partial charge in [0.2, 0.25) is 11.8 Å². The first-order valence-electron chi connectivity index (χ1n) is 8.26. The molecule has 0 aliphatic heterocycles. The van der Waals surface area contributed by atoms with Crippen molar-refractivity contribution in [3.8, 4) is 0 Å². The lowest BCUT2D eigenvalue weighted by Gasteiger charge is -2.25. The molecule has 2 aromatic rings. The summed E-state index contributed by atoms with van der Waals surface area (Å²) in [5, 5.41) is 2.84. The minimum absolute atomic E-state index is 0.00352. The molecule has 26 heavy (non-hydrogen) atoms. The van der Waals surface area contributed by atoms with Crippen molar-refractivity contribution < 1.29 is 9.59 Å². The average molecular weight is 436 g/mol. The maximum Gasteiger partial charge on any atom is 0.234 e. The lowest BCUT2D eigenvalue weighted by molar-refractivity contribution is -0.131. The van der Waals surface area contributed by atoms with Gasteiger partial charge in [0.05, 0.1) is 11.8 Å². The fourth-order valence-corrected chi connectivity index (χ4v) is 3.30. The van der Waals surface area contributed by atoms with E-state index in [0.717, 1.165) is 15.7 Å². The Morgan fingerprint density at radius 3 is 2.50 bits per heavy atom. The van der Waals surface area contributed by atoms with Gasteiger partial charge in [0, 0.05) is 41.8 Å². The van der Waals surface area contributed by atoms with E-state index in [9.17, 15) is 9.59 Å². The summed E-state index contributed by atoms with van der Waals surface area (Å²) in [6.07, 6.45) is 3.86. The molecule has 0 saturated carbocycles. The van der Waals surface area contributed by atoms with E-state index in [2.05, 4.69) is 26.2 Å². The molecule has 0 saturated heterocycles. The molecule has 1 heterocycles. The van der Waals surface area contributed by atoms with E-state index >= 15 is 0 Å². The Labute approximate surface area is 166 Å². The van der Waals surface area contributed by atoms with Crippen molar-refractivity contribution in [2.75, 3.05) is 23.9 Å². The second-order valence-corrected chi connectivity index (χ2v) is 7.84. The van der Waals surface area contributed by atoms with Gasteiger partial charge in [0.25, 0.3) is 0 Å². The van der Waals surface area contributed by atoms with Crippen LogP contribution in [-0.4, -0.2) is 40.3 Å². The molecule has 0 bridgehead atoms. The number of pyridine rings is 1. The molecule has 0 fully saturated rings. The van der Waals surface area contributed by atoms with Crippen molar-refractivity contribution in [2.45, 2.75) is 19.4 Å². The van der Waals surface area contributed by atoms with Gasteiger partial charge in [-0.15, -0.1) is 0 Å². The SMILES string of the molecule is CC(c1ccncc1)N(C)C(=O)CCSCC(=O)Nc1ccc(Br)cc1. The number of rotatable bonds is 8. The highest BCUT2D eigenvalue weighted by atomic mass is 79.9. The number of anilines is 1. The van der Waals surface area contributed by atoms with Crippen LogP contribution >= 0.6 is 27.7 Å². The lowest BCUT2D eigenvalue weighted by atomic mass is 10.1. The average Bonchev–Trinajstić information content (AvgIpc) is 2.66. The van der Waals surface area contributed by atoms with E-state index in [0.29, 0.717) is 17.9 Å². The zero-order valence-electron chi connectivity index (χ0n) is 14.8. The molecular formula is C19H22BrN3O2S. The maximum absolute atomic E-state index is 12.3. The number of nitrogens with zero attached hydrogens (tertiary/aromatic N) is 2. The van der Waals surface area contributed by atoms with Gasteiger partial charge in [-0.25, -0.2) is 0 Å². The second-order valence-electron chi connectivity index (χ2n) is 5.82. The molecule has 7 heteroatoms. The Morgan fingerprint density at radius 2 is 1.85 bits per heavy atom. The molecule has 0 spiro atoms. The first-order chi connectivity index (χ1) is 12.5. The Bertz CT molecular complexity index is 725. The van der Waals surface area contributed by atoms with Crippen LogP contribution in [0, 0.1) is 0 Å². The zero-order chi connectivity index (χ0) is 18.9. The molecule has 1 unspecified atom stereocenters. The molecule has 1 N–H and O–H groups in total. The quantitative estimate of drug-likeness (QED) is 0.633. The summed E-state index contributed by atoms with van der Waals surface area (Å²) >= 11 is 4.82. The van der Waals surface area contributed by atoms with E-state index < -0.39 is 0 Å². The molecule has 5 nitrogen and oxygen atoms in total. The molecule has 1 aromatic carbocycles. The van der Waals surface area contributed by atoms with Crippen molar-refractivity contribution in [3.63, 3.8) is 0 Å². The predicted molar refractivity (Wildman–Crippen MR) is 110 cm³/mol. The number of benzene rings is 1. The summed E-state index contributed by atoms with van der Waals surface area (Å²) in [5.74, 6) is 0.936. The first-order valence-corrected chi connectivity index (χ1v) is 10.2. The van der Waals surface area contributed by atoms with Gasteiger partial charge in [-0.05, 0) is 48.9 Å². The second kappa shape index (κ2) is 10.3. The van der Waals surface area contributed by atoms with Crippen LogP contribution in [0.5, 0.6) is 0 Å². The Balaban J connectivity index is 1.69. The van der Waals surface area contributed by atoms with Crippen molar-refractivity contribution in [2.24, 2.45) is 0 Å². The first kappa shape index (κ1) is 20.5. The molecule has 0 aliphatic carbocycles. The van der Waals surface area contributed by atoms with Crippen LogP contribution < -0.4 is 5.32 Å². The van der Waals surface area contributed by atoms with E-state index in [1.54, 1.807) is 24.3 Å². The van der Waals surface area contributed by atoms with Crippen LogP contribution in [0.2, 0.25) is 0 Å². The Morgan fingerprint density at radius 1 is 1.19 bits per heavy atom. The number of amides is 2. The highest BCUT2D eigenvalue weighted by Gasteiger charge is 2.17. The van der Waals surface area contributed by atoms with E-state index in [-0.39, 0.29) is 17.9 Å². The number of hydrogen-bond acceptors (Lipinski definition) is 4. The van der Waals surface area contributed by atoms with Crippen LogP contribution in [0.4, 0.5) is 5.69 Å². The van der Waals surface area contributed by atoms with Crippen molar-refractivity contribution in [3.05, 3.63) is 58.8 Å². The molecule has 1 aromatic heterocycles. The summed E-state index contributed by atoms with van der Waals surface area (Å²) in [6.45, 7) is 1.99. The summed E-state index contributed by atoms with van der Waals surface area (Å²) in [6, 6.07) is 11.3. The van der Waals surface area contributed by atoms with Gasteiger partial charge < -0.3 is 10.2 Å². The van der Waals surface area contributed by atoms with Crippen LogP contribution in [0.15, 0.2) is 53.3 Å². The van der Waals surface area contributed by atoms with E-state index in [1.807, 2.05) is 43.3 Å². The normalized spacial score (nSPS) is 11.7. The Hall–Kier alpha value is -1.86. The third-order valence-corrected chi connectivity index (χ3v) is 5.47. The number of nitrogens with one attached hydrogen (secondary N) is 1. The lowest BCUT2D eigenvalue weighted by Crippen LogP contribution is -2.30. The number of carbonyl (C=O) groups excluding carboxylic acids is 2. The highest BCUT2D eigenvalue weighted by Crippen LogP contribution is 2.19. The molecule has 1 atom stereocenters. The fraction of sp³-hybridized carbons (Fsp3) is 0.316. The standard InChI is InChI=1S/C19H22BrN3O2S/c1-14(15-7-10-21-11-8-15)23(2)19(25)9-12-26-13-18(24)22-17-5-3-16(20)4-6-17/h3-8,10-11,14H,9,12-13H2,1-2H3,(H,22,24). The highest BCUT2D eigenvalue weighted by molar-refractivity contribution is 9.10. The smallest absolute Gasteiger partial charge is 0.234 e. The predicted octanol–water partition coefficient (Wildman–Crippen LogP) is 4.13. The molecular weight excluding hydrogens is 414 g/mol. The molecule has 2 rings (SSSR count). The monoisotopic (exact) mass is 435 g/mol. The molecule has 0 aliphatic rings. The third-order valence-electron chi connectivity index (χ3n) is 3.98. The molecule has 0 radical (unpaired) electrons. The molecule has 138 valence electrons. The summed E-state index contributed by atoms with van der Waals surface area (Å²) in [4.78, 5) is 30.0. The van der Waals surface area contributed by atoms with E-state index in [4.69, 9.17) is 0 Å². The maximum atomic E-state index is 12.3. The van der Waals surface area contributed by atoms with Crippen LogP contribution in [0.25, 0.3) is 0 Å². The third kappa shape index (κ3) is 6.46. The van der Waals surface area contributed by atoms with Gasteiger partial charge in [-0.2, -0.15) is 11.8 Å². The Kier molecular flexibility index (Phi) is 8.12. The van der Waals surface area contributed by atoms with Crippen molar-refractivity contribution in [1.82, 2.24) is 9.88 Å². The van der Waals surface area contributed by atoms with Crippen LogP contribution in [0.1, 0.15) is 24.9 Å². The van der Waals surface area contributed by atoms with Crippen molar-refractivity contribution in [1.29, 1.82) is 0 Å². The number of aromatic nitrogens is 1. The topological polar surface area (TPSA) is 62.3 Å². The van der Waals surface area contributed by atoms with Gasteiger partial charge in [-0.3, -0.25) is 14.6 Å². The van der Waals surface area contributed by atoms with Gasteiger partial charge in [0.1, 0.15) is 0 Å². The van der Waals surface area contributed by atoms with Gasteiger partial charge in [-0.1, -0.05) is 15.9 Å². The number of hydrogen-bond donors (Lipinski definition) is 1. The largest absolute Gasteiger partial charge is 0.339 e. The summed E-state index contributed by atoms with van der Waals surface area (Å²) < 4.78 is 0.966. The van der Waals surface area contributed by atoms with E-state index in [1.165, 1.54) is 11.8 Å². The molecule has 2 amide bonds. The zero-order valence-corrected chi connectivity index (χ0v) is 17.2. The number of thioether (sulfide) groups is 1. The minimum atomic E-state index is -0.0664. The van der Waals surface area contributed by atoms with Crippen LogP contribution in [0.3, 0.4) is 0 Å². The van der Waals surface area contributed by atoms with Crippen molar-refractivity contribution >= 4 is 45.2 Å². The summed E-state index contributed by atoms with van der Waals surface area (Å²) in [5.41, 5.74) is 1.82. The van der Waals surface area contributed by atoms with Gasteiger partial charge >= 0.3 is 0 Å². The number of carbonyl (C=O) groups is 2. The minimum Gasteiger partial charge on any atom is -0.339 e. The van der Waals surface area contributed by atoms with Gasteiger partial charge in [0.15, 0.2) is 0 Å². The fourth-order valence-electron chi connectivity index (χ4n) is 2.31.